The van der Waals surface area contributed by atoms with Crippen molar-refractivity contribution in [2.75, 3.05) is 13.2 Å². The average molecular weight is 469 g/mol. The van der Waals surface area contributed by atoms with Gasteiger partial charge in [0.15, 0.2) is 5.96 Å². The van der Waals surface area contributed by atoms with Crippen molar-refractivity contribution in [2.45, 2.75) is 70.6 Å². The number of carbonyl (C=O) groups excluding carboxylic acids is 1. The average Bonchev–Trinajstić information content (AvgIpc) is 3.08. The number of nitrogens with zero attached hydrogens (tertiary/aromatic N) is 1. The van der Waals surface area contributed by atoms with Crippen LogP contribution in [-0.2, 0) is 20.9 Å². The molecule has 0 aliphatic heterocycles. The van der Waals surface area contributed by atoms with Gasteiger partial charge >= 0.3 is 0 Å². The molecule has 0 bridgehead atoms. The minimum Gasteiger partial charge on any atom is -0.494 e. The number of rotatable bonds is 16. The molecule has 7 heteroatoms. The molecule has 2 unspecified atom stereocenters. The Morgan fingerprint density at radius 3 is 2.53 bits per heavy atom. The monoisotopic (exact) mass is 468 g/mol. The van der Waals surface area contributed by atoms with Crippen LogP contribution in [0.2, 0.25) is 0 Å². The number of unbranched alkanes of at least 4 members (excludes halogenated alkanes) is 5. The molecule has 2 atom stereocenters. The summed E-state index contributed by atoms with van der Waals surface area (Å²) >= 11 is 0. The van der Waals surface area contributed by atoms with Crippen molar-refractivity contribution in [3.05, 3.63) is 72.0 Å². The van der Waals surface area contributed by atoms with Crippen LogP contribution in [0.1, 0.15) is 57.4 Å². The number of nitrogens with one attached hydrogen (secondary N) is 1. The summed E-state index contributed by atoms with van der Waals surface area (Å²) in [4.78, 5) is 16.0. The highest BCUT2D eigenvalue weighted by molar-refractivity contribution is 5.85. The van der Waals surface area contributed by atoms with E-state index in [2.05, 4.69) is 22.4 Å². The predicted molar refractivity (Wildman–Crippen MR) is 138 cm³/mol. The first-order valence-electron chi connectivity index (χ1n) is 12.3. The van der Waals surface area contributed by atoms with Crippen molar-refractivity contribution >= 4 is 11.9 Å². The SMILES string of the molecule is CCC(N=C(N)N)C(=O)NCCCCCCCCOC1=CC=CC(OCc2ccccc2)C=C1. The first kappa shape index (κ1) is 27.2. The Kier molecular flexibility index (Phi) is 13.2. The molecular weight excluding hydrogens is 428 g/mol. The third kappa shape index (κ3) is 11.7. The van der Waals surface area contributed by atoms with Crippen LogP contribution < -0.4 is 16.8 Å². The highest BCUT2D eigenvalue weighted by Gasteiger charge is 2.14. The van der Waals surface area contributed by atoms with E-state index in [4.69, 9.17) is 20.9 Å². The zero-order chi connectivity index (χ0) is 24.4. The summed E-state index contributed by atoms with van der Waals surface area (Å²) in [6.07, 6.45) is 17.0. The standard InChI is InChI=1S/C27H40N4O3/c1-2-25(31-27(28)29)26(32)30-19-10-5-3-4-6-11-20-33-23-15-12-16-24(18-17-23)34-21-22-13-8-7-9-14-22/h7-9,12-18,24-25H,2-6,10-11,19-21H2,1H3,(H,30,32)(H4,28,29,31). The largest absolute Gasteiger partial charge is 0.494 e. The predicted octanol–water partition coefficient (Wildman–Crippen LogP) is 4.11. The summed E-state index contributed by atoms with van der Waals surface area (Å²) < 4.78 is 11.8. The fourth-order valence-corrected chi connectivity index (χ4v) is 3.51. The Morgan fingerprint density at radius 2 is 1.79 bits per heavy atom. The van der Waals surface area contributed by atoms with Gasteiger partial charge in [-0.3, -0.25) is 4.79 Å². The lowest BCUT2D eigenvalue weighted by molar-refractivity contribution is -0.122. The molecule has 1 aliphatic carbocycles. The maximum absolute atomic E-state index is 12.0. The highest BCUT2D eigenvalue weighted by atomic mass is 16.5. The van der Waals surface area contributed by atoms with E-state index < -0.39 is 6.04 Å². The van der Waals surface area contributed by atoms with Crippen molar-refractivity contribution in [1.29, 1.82) is 0 Å². The van der Waals surface area contributed by atoms with E-state index in [0.29, 0.717) is 26.2 Å². The molecule has 0 radical (unpaired) electrons. The first-order chi connectivity index (χ1) is 16.6. The Labute approximate surface area is 204 Å². The Balaban J connectivity index is 1.48. The van der Waals surface area contributed by atoms with Crippen LogP contribution >= 0.6 is 0 Å². The molecular formula is C27H40N4O3. The Morgan fingerprint density at radius 1 is 1.06 bits per heavy atom. The second-order valence-electron chi connectivity index (χ2n) is 8.31. The van der Waals surface area contributed by atoms with Crippen LogP contribution in [0.5, 0.6) is 0 Å². The zero-order valence-electron chi connectivity index (χ0n) is 20.3. The number of aliphatic imine (C=N–C) groups is 1. The van der Waals surface area contributed by atoms with Gasteiger partial charge in [0.25, 0.3) is 0 Å². The van der Waals surface area contributed by atoms with E-state index >= 15 is 0 Å². The van der Waals surface area contributed by atoms with Crippen LogP contribution in [0.15, 0.2) is 71.5 Å². The van der Waals surface area contributed by atoms with Gasteiger partial charge in [0.1, 0.15) is 11.8 Å². The molecule has 0 heterocycles. The van der Waals surface area contributed by atoms with Crippen molar-refractivity contribution in [3.8, 4) is 0 Å². The number of benzene rings is 1. The van der Waals surface area contributed by atoms with Crippen LogP contribution in [-0.4, -0.2) is 37.2 Å². The second kappa shape index (κ2) is 16.5. The molecule has 0 saturated heterocycles. The lowest BCUT2D eigenvalue weighted by Crippen LogP contribution is -2.36. The number of hydrogen-bond acceptors (Lipinski definition) is 4. The molecule has 1 aliphatic rings. The topological polar surface area (TPSA) is 112 Å². The lowest BCUT2D eigenvalue weighted by atomic mass is 10.1. The van der Waals surface area contributed by atoms with Crippen molar-refractivity contribution in [2.24, 2.45) is 16.5 Å². The van der Waals surface area contributed by atoms with Gasteiger partial charge in [-0.05, 0) is 43.1 Å². The van der Waals surface area contributed by atoms with Gasteiger partial charge in [0.05, 0.1) is 19.3 Å². The van der Waals surface area contributed by atoms with Gasteiger partial charge in [-0.25, -0.2) is 4.99 Å². The molecule has 7 nitrogen and oxygen atoms in total. The van der Waals surface area contributed by atoms with Crippen molar-refractivity contribution < 1.29 is 14.3 Å². The Hall–Kier alpha value is -3.06. The summed E-state index contributed by atoms with van der Waals surface area (Å²) in [5, 5.41) is 2.91. The van der Waals surface area contributed by atoms with Gasteiger partial charge in [0, 0.05) is 6.54 Å². The summed E-state index contributed by atoms with van der Waals surface area (Å²) in [6, 6.07) is 9.68. The summed E-state index contributed by atoms with van der Waals surface area (Å²) in [7, 11) is 0. The van der Waals surface area contributed by atoms with E-state index in [-0.39, 0.29) is 18.0 Å². The second-order valence-corrected chi connectivity index (χ2v) is 8.31. The number of amides is 1. The molecule has 1 aromatic rings. The van der Waals surface area contributed by atoms with Gasteiger partial charge < -0.3 is 26.3 Å². The van der Waals surface area contributed by atoms with Gasteiger partial charge in [-0.1, -0.05) is 75.1 Å². The molecule has 34 heavy (non-hydrogen) atoms. The van der Waals surface area contributed by atoms with E-state index in [9.17, 15) is 4.79 Å². The molecule has 5 N–H and O–H groups in total. The van der Waals surface area contributed by atoms with E-state index in [1.807, 2.05) is 55.5 Å². The molecule has 2 rings (SSSR count). The summed E-state index contributed by atoms with van der Waals surface area (Å²) in [5.41, 5.74) is 11.9. The minimum atomic E-state index is -0.494. The summed E-state index contributed by atoms with van der Waals surface area (Å²) in [6.45, 7) is 3.83. The smallest absolute Gasteiger partial charge is 0.244 e. The van der Waals surface area contributed by atoms with Crippen LogP contribution in [0.25, 0.3) is 0 Å². The van der Waals surface area contributed by atoms with E-state index in [1.165, 1.54) is 0 Å². The molecule has 1 aromatic carbocycles. The zero-order valence-corrected chi connectivity index (χ0v) is 20.3. The lowest BCUT2D eigenvalue weighted by Gasteiger charge is -2.11. The fraction of sp³-hybridized carbons (Fsp3) is 0.481. The molecule has 0 fully saturated rings. The minimum absolute atomic E-state index is 0.0501. The van der Waals surface area contributed by atoms with Gasteiger partial charge in [0.2, 0.25) is 5.91 Å². The number of hydrogen-bond donors (Lipinski definition) is 3. The maximum Gasteiger partial charge on any atom is 0.244 e. The number of ether oxygens (including phenoxy) is 2. The van der Waals surface area contributed by atoms with Crippen molar-refractivity contribution in [3.63, 3.8) is 0 Å². The number of carbonyl (C=O) groups is 1. The molecule has 1 amide bonds. The first-order valence-corrected chi connectivity index (χ1v) is 12.3. The molecule has 186 valence electrons. The summed E-state index contributed by atoms with van der Waals surface area (Å²) in [5.74, 6) is 0.702. The van der Waals surface area contributed by atoms with Gasteiger partial charge in [-0.2, -0.15) is 0 Å². The van der Waals surface area contributed by atoms with Crippen LogP contribution in [0.4, 0.5) is 0 Å². The highest BCUT2D eigenvalue weighted by Crippen LogP contribution is 2.13. The normalized spacial score (nSPS) is 15.8. The van der Waals surface area contributed by atoms with E-state index in [0.717, 1.165) is 49.8 Å². The molecule has 0 spiro atoms. The maximum atomic E-state index is 12.0. The quantitative estimate of drug-likeness (QED) is 0.192. The third-order valence-electron chi connectivity index (χ3n) is 5.43. The Bertz CT molecular complexity index is 830. The molecule has 0 saturated carbocycles. The number of guanidine groups is 1. The van der Waals surface area contributed by atoms with E-state index in [1.54, 1.807) is 0 Å². The molecule has 0 aromatic heterocycles. The van der Waals surface area contributed by atoms with Crippen molar-refractivity contribution in [1.82, 2.24) is 5.32 Å². The number of allylic oxidation sites excluding steroid dienone is 3. The number of nitrogens with two attached hydrogens (primary N) is 2. The fourth-order valence-electron chi connectivity index (χ4n) is 3.51. The van der Waals surface area contributed by atoms with Gasteiger partial charge in [-0.15, -0.1) is 0 Å². The van der Waals surface area contributed by atoms with Crippen LogP contribution in [0.3, 0.4) is 0 Å². The van der Waals surface area contributed by atoms with Crippen LogP contribution in [0, 0.1) is 0 Å². The third-order valence-corrected chi connectivity index (χ3v) is 5.43.